The van der Waals surface area contributed by atoms with Crippen LogP contribution in [-0.4, -0.2) is 5.78 Å². The molecule has 2 rings (SSSR count). The van der Waals surface area contributed by atoms with Crippen LogP contribution in [0, 0.1) is 0 Å². The first-order valence-electron chi connectivity index (χ1n) is 4.98. The van der Waals surface area contributed by atoms with E-state index in [9.17, 15) is 4.79 Å². The number of hydrogen-bond donors (Lipinski definition) is 0. The Bertz CT molecular complexity index is 437. The summed E-state index contributed by atoms with van der Waals surface area (Å²) in [7, 11) is 0. The summed E-state index contributed by atoms with van der Waals surface area (Å²) in [6.07, 6.45) is 0.477. The first kappa shape index (κ1) is 12.5. The molecule has 2 heteroatoms. The minimum absolute atomic E-state index is 0. The van der Waals surface area contributed by atoms with Gasteiger partial charge in [0.25, 0.3) is 0 Å². The maximum absolute atomic E-state index is 11.8. The van der Waals surface area contributed by atoms with Crippen LogP contribution in [-0.2, 0) is 6.42 Å². The second-order valence-corrected chi connectivity index (χ2v) is 3.45. The lowest BCUT2D eigenvalue weighted by molar-refractivity contribution is 0.0993. The van der Waals surface area contributed by atoms with Crippen molar-refractivity contribution in [2.75, 3.05) is 0 Å². The highest BCUT2D eigenvalue weighted by Crippen LogP contribution is 2.06. The van der Waals surface area contributed by atoms with Crippen molar-refractivity contribution in [3.63, 3.8) is 0 Å². The molecule has 0 spiro atoms. The predicted octanol–water partition coefficient (Wildman–Crippen LogP) is 3.53. The van der Waals surface area contributed by atoms with Crippen molar-refractivity contribution in [1.82, 2.24) is 0 Å². The number of carbonyl (C=O) groups is 1. The number of Topliss-reactive ketones (excluding diaryl/α,β-unsaturated/α-hetero) is 1. The Morgan fingerprint density at radius 1 is 0.812 bits per heavy atom. The molecule has 0 aromatic heterocycles. The van der Waals surface area contributed by atoms with Crippen molar-refractivity contribution >= 4 is 18.2 Å². The summed E-state index contributed by atoms with van der Waals surface area (Å²) < 4.78 is 0. The SMILES string of the molecule is Cl.O=C(Cc1ccccc1)c1ccccc1. The van der Waals surface area contributed by atoms with Gasteiger partial charge in [-0.15, -0.1) is 12.4 Å². The first-order chi connectivity index (χ1) is 7.36. The fourth-order valence-corrected chi connectivity index (χ4v) is 1.51. The molecule has 0 N–H and O–H groups in total. The Morgan fingerprint density at radius 3 is 1.88 bits per heavy atom. The summed E-state index contributed by atoms with van der Waals surface area (Å²) in [5.41, 5.74) is 1.84. The predicted molar refractivity (Wildman–Crippen MR) is 68.2 cm³/mol. The number of carbonyl (C=O) groups excluding carboxylic acids is 1. The van der Waals surface area contributed by atoms with E-state index in [0.717, 1.165) is 11.1 Å². The quantitative estimate of drug-likeness (QED) is 0.740. The molecule has 16 heavy (non-hydrogen) atoms. The zero-order chi connectivity index (χ0) is 10.5. The van der Waals surface area contributed by atoms with Gasteiger partial charge in [-0.05, 0) is 5.56 Å². The lowest BCUT2D eigenvalue weighted by Gasteiger charge is -2.00. The fraction of sp³-hybridized carbons (Fsp3) is 0.0714. The number of halogens is 1. The van der Waals surface area contributed by atoms with Gasteiger partial charge in [-0.3, -0.25) is 4.79 Å². The van der Waals surface area contributed by atoms with E-state index in [2.05, 4.69) is 0 Å². The molecule has 0 bridgehead atoms. The third-order valence-corrected chi connectivity index (χ3v) is 2.30. The van der Waals surface area contributed by atoms with Gasteiger partial charge in [0, 0.05) is 12.0 Å². The molecule has 0 unspecified atom stereocenters. The van der Waals surface area contributed by atoms with Crippen molar-refractivity contribution in [2.45, 2.75) is 6.42 Å². The molecule has 0 saturated carbocycles. The fourth-order valence-electron chi connectivity index (χ4n) is 1.51. The van der Waals surface area contributed by atoms with Crippen molar-refractivity contribution in [1.29, 1.82) is 0 Å². The lowest BCUT2D eigenvalue weighted by atomic mass is 10.0. The van der Waals surface area contributed by atoms with E-state index in [4.69, 9.17) is 0 Å². The molecule has 0 atom stereocenters. The molecule has 0 radical (unpaired) electrons. The van der Waals surface area contributed by atoms with Gasteiger partial charge in [0.1, 0.15) is 0 Å². The molecule has 0 aliphatic carbocycles. The number of hydrogen-bond acceptors (Lipinski definition) is 1. The van der Waals surface area contributed by atoms with E-state index in [1.807, 2.05) is 60.7 Å². The van der Waals surface area contributed by atoms with Crippen LogP contribution < -0.4 is 0 Å². The molecule has 0 saturated heterocycles. The van der Waals surface area contributed by atoms with Gasteiger partial charge in [-0.1, -0.05) is 60.7 Å². The van der Waals surface area contributed by atoms with Gasteiger partial charge >= 0.3 is 0 Å². The zero-order valence-electron chi connectivity index (χ0n) is 8.80. The van der Waals surface area contributed by atoms with Crippen LogP contribution in [0.2, 0.25) is 0 Å². The Balaban J connectivity index is 0.00000128. The van der Waals surface area contributed by atoms with Crippen LogP contribution in [0.5, 0.6) is 0 Å². The Kier molecular flexibility index (Phi) is 4.74. The van der Waals surface area contributed by atoms with E-state index in [1.165, 1.54) is 0 Å². The van der Waals surface area contributed by atoms with Crippen LogP contribution in [0.25, 0.3) is 0 Å². The molecule has 82 valence electrons. The molecule has 0 heterocycles. The molecular weight excluding hydrogens is 220 g/mol. The average Bonchev–Trinajstić information content (AvgIpc) is 2.31. The summed E-state index contributed by atoms with van der Waals surface area (Å²) >= 11 is 0. The normalized spacial score (nSPS) is 9.25. The molecule has 1 nitrogen and oxygen atoms in total. The molecule has 0 amide bonds. The third-order valence-electron chi connectivity index (χ3n) is 2.30. The van der Waals surface area contributed by atoms with Gasteiger partial charge in [0.2, 0.25) is 0 Å². The molecule has 0 aliphatic heterocycles. The number of ketones is 1. The van der Waals surface area contributed by atoms with Crippen LogP contribution in [0.15, 0.2) is 60.7 Å². The van der Waals surface area contributed by atoms with E-state index < -0.39 is 0 Å². The summed E-state index contributed by atoms with van der Waals surface area (Å²) in [6, 6.07) is 19.2. The minimum atomic E-state index is 0. The van der Waals surface area contributed by atoms with Crippen LogP contribution in [0.1, 0.15) is 15.9 Å². The third kappa shape index (κ3) is 3.21. The summed E-state index contributed by atoms with van der Waals surface area (Å²) in [6.45, 7) is 0. The smallest absolute Gasteiger partial charge is 0.167 e. The van der Waals surface area contributed by atoms with Gasteiger partial charge in [-0.2, -0.15) is 0 Å². The highest BCUT2D eigenvalue weighted by atomic mass is 35.5. The van der Waals surface area contributed by atoms with Crippen LogP contribution in [0.4, 0.5) is 0 Å². The zero-order valence-corrected chi connectivity index (χ0v) is 9.61. The minimum Gasteiger partial charge on any atom is -0.294 e. The second kappa shape index (κ2) is 6.09. The van der Waals surface area contributed by atoms with Gasteiger partial charge < -0.3 is 0 Å². The van der Waals surface area contributed by atoms with E-state index in [1.54, 1.807) is 0 Å². The van der Waals surface area contributed by atoms with E-state index in [0.29, 0.717) is 6.42 Å². The maximum atomic E-state index is 11.8. The summed E-state index contributed by atoms with van der Waals surface area (Å²) in [5.74, 6) is 0.168. The van der Waals surface area contributed by atoms with Crippen LogP contribution in [0.3, 0.4) is 0 Å². The topological polar surface area (TPSA) is 17.1 Å². The van der Waals surface area contributed by atoms with Crippen molar-refractivity contribution in [3.8, 4) is 0 Å². The number of rotatable bonds is 3. The van der Waals surface area contributed by atoms with Crippen molar-refractivity contribution in [3.05, 3.63) is 71.8 Å². The van der Waals surface area contributed by atoms with Crippen molar-refractivity contribution < 1.29 is 4.79 Å². The second-order valence-electron chi connectivity index (χ2n) is 3.45. The van der Waals surface area contributed by atoms with Crippen LogP contribution >= 0.6 is 12.4 Å². The molecule has 2 aromatic rings. The largest absolute Gasteiger partial charge is 0.294 e. The van der Waals surface area contributed by atoms with Gasteiger partial charge in [0.05, 0.1) is 0 Å². The highest BCUT2D eigenvalue weighted by molar-refractivity contribution is 5.97. The molecular formula is C14H13ClO. The Labute approximate surface area is 102 Å². The maximum Gasteiger partial charge on any atom is 0.167 e. The standard InChI is InChI=1S/C14H12O.ClH/c15-14(13-9-5-2-6-10-13)11-12-7-3-1-4-8-12;/h1-10H,11H2;1H. The van der Waals surface area contributed by atoms with E-state index >= 15 is 0 Å². The average molecular weight is 233 g/mol. The highest BCUT2D eigenvalue weighted by Gasteiger charge is 2.05. The molecule has 0 fully saturated rings. The Morgan fingerprint density at radius 2 is 1.31 bits per heavy atom. The molecule has 2 aromatic carbocycles. The van der Waals surface area contributed by atoms with E-state index in [-0.39, 0.29) is 18.2 Å². The lowest BCUT2D eigenvalue weighted by Crippen LogP contribution is -2.02. The van der Waals surface area contributed by atoms with Crippen molar-refractivity contribution in [2.24, 2.45) is 0 Å². The Hall–Kier alpha value is -1.60. The van der Waals surface area contributed by atoms with Gasteiger partial charge in [-0.25, -0.2) is 0 Å². The molecule has 0 aliphatic rings. The first-order valence-corrected chi connectivity index (χ1v) is 4.98. The summed E-state index contributed by atoms with van der Waals surface area (Å²) in [5, 5.41) is 0. The van der Waals surface area contributed by atoms with Gasteiger partial charge in [0.15, 0.2) is 5.78 Å². The number of benzene rings is 2. The monoisotopic (exact) mass is 232 g/mol. The summed E-state index contributed by atoms with van der Waals surface area (Å²) in [4.78, 5) is 11.8.